The van der Waals surface area contributed by atoms with Crippen LogP contribution in [0.3, 0.4) is 0 Å². The number of fused-ring (bicyclic) bond motifs is 4. The minimum absolute atomic E-state index is 0.00273. The fraction of sp³-hybridized carbons (Fsp3) is 1.00. The van der Waals surface area contributed by atoms with Crippen molar-refractivity contribution in [1.82, 2.24) is 0 Å². The molecule has 5 unspecified atom stereocenters. The topological polar surface area (TPSA) is 40.5 Å². The molecule has 0 aliphatic heterocycles. The number of aliphatic hydroxyl groups is 2. The van der Waals surface area contributed by atoms with Crippen LogP contribution in [0.25, 0.3) is 0 Å². The summed E-state index contributed by atoms with van der Waals surface area (Å²) in [6, 6.07) is 0. The molecule has 0 saturated heterocycles. The van der Waals surface area contributed by atoms with E-state index >= 15 is 0 Å². The van der Waals surface area contributed by atoms with Crippen molar-refractivity contribution >= 4 is 0 Å². The molecule has 9 atom stereocenters. The van der Waals surface area contributed by atoms with Crippen LogP contribution in [0.2, 0.25) is 0 Å². The van der Waals surface area contributed by atoms with Crippen LogP contribution >= 0.6 is 0 Å². The third-order valence-corrected chi connectivity index (χ3v) is 10.0. The van der Waals surface area contributed by atoms with Crippen LogP contribution in [-0.2, 0) is 0 Å². The number of rotatable bonds is 0. The summed E-state index contributed by atoms with van der Waals surface area (Å²) in [7, 11) is 0. The molecule has 5 aliphatic rings. The Hall–Kier alpha value is -0.0800. The Morgan fingerprint density at radius 2 is 1.58 bits per heavy atom. The van der Waals surface area contributed by atoms with Crippen LogP contribution in [0.1, 0.15) is 84.0 Å². The van der Waals surface area contributed by atoms with E-state index in [1.54, 1.807) is 0 Å². The van der Waals surface area contributed by atoms with Crippen LogP contribution in [-0.4, -0.2) is 22.4 Å². The molecule has 5 saturated carbocycles. The third kappa shape index (κ3) is 2.02. The van der Waals surface area contributed by atoms with Gasteiger partial charge in [-0.2, -0.15) is 0 Å². The van der Waals surface area contributed by atoms with Gasteiger partial charge in [0, 0.05) is 0 Å². The van der Waals surface area contributed by atoms with Gasteiger partial charge in [-0.3, -0.25) is 0 Å². The Morgan fingerprint density at radius 1 is 0.750 bits per heavy atom. The van der Waals surface area contributed by atoms with Crippen molar-refractivity contribution in [3.05, 3.63) is 0 Å². The Morgan fingerprint density at radius 3 is 2.46 bits per heavy atom. The molecule has 0 radical (unpaired) electrons. The molecule has 136 valence electrons. The van der Waals surface area contributed by atoms with E-state index in [1.807, 2.05) is 0 Å². The Bertz CT molecular complexity index is 504. The molecule has 0 aromatic rings. The summed E-state index contributed by atoms with van der Waals surface area (Å²) in [4.78, 5) is 0. The lowest BCUT2D eigenvalue weighted by atomic mass is 9.43. The monoisotopic (exact) mass is 332 g/mol. The maximum atomic E-state index is 10.6. The first-order valence-corrected chi connectivity index (χ1v) is 10.9. The van der Waals surface area contributed by atoms with Crippen molar-refractivity contribution in [2.45, 2.75) is 96.2 Å². The number of hydrogen-bond acceptors (Lipinski definition) is 2. The van der Waals surface area contributed by atoms with E-state index in [-0.39, 0.29) is 12.2 Å². The molecule has 0 heterocycles. The van der Waals surface area contributed by atoms with Crippen molar-refractivity contribution in [2.24, 2.45) is 40.4 Å². The van der Waals surface area contributed by atoms with Crippen molar-refractivity contribution in [1.29, 1.82) is 0 Å². The molecule has 5 rings (SSSR count). The number of hydrogen-bond donors (Lipinski definition) is 2. The molecule has 5 fully saturated rings. The minimum atomic E-state index is -0.0288. The van der Waals surface area contributed by atoms with Gasteiger partial charge in [0.2, 0.25) is 0 Å². The van der Waals surface area contributed by atoms with E-state index in [0.29, 0.717) is 16.7 Å². The van der Waals surface area contributed by atoms with Gasteiger partial charge in [-0.1, -0.05) is 13.3 Å². The Kier molecular flexibility index (Phi) is 3.67. The maximum absolute atomic E-state index is 10.6. The van der Waals surface area contributed by atoms with Crippen molar-refractivity contribution in [3.63, 3.8) is 0 Å². The molecular formula is C22H36O2. The second kappa shape index (κ2) is 5.46. The van der Waals surface area contributed by atoms with E-state index in [9.17, 15) is 10.2 Å². The molecule has 2 heteroatoms. The first-order valence-electron chi connectivity index (χ1n) is 10.9. The zero-order chi connectivity index (χ0) is 16.5. The van der Waals surface area contributed by atoms with Crippen molar-refractivity contribution in [2.75, 3.05) is 0 Å². The third-order valence-electron chi connectivity index (χ3n) is 10.0. The van der Waals surface area contributed by atoms with Gasteiger partial charge >= 0.3 is 0 Å². The van der Waals surface area contributed by atoms with Gasteiger partial charge in [0.1, 0.15) is 0 Å². The van der Waals surface area contributed by atoms with E-state index in [0.717, 1.165) is 42.9 Å². The summed E-state index contributed by atoms with van der Waals surface area (Å²) >= 11 is 0. The average molecular weight is 333 g/mol. The van der Waals surface area contributed by atoms with E-state index in [4.69, 9.17) is 0 Å². The van der Waals surface area contributed by atoms with Gasteiger partial charge in [0.25, 0.3) is 0 Å². The van der Waals surface area contributed by atoms with Crippen molar-refractivity contribution < 1.29 is 10.2 Å². The summed E-state index contributed by atoms with van der Waals surface area (Å²) in [5.41, 5.74) is 1.01. The van der Waals surface area contributed by atoms with Gasteiger partial charge in [-0.25, -0.2) is 0 Å². The summed E-state index contributed by atoms with van der Waals surface area (Å²) < 4.78 is 0. The highest BCUT2D eigenvalue weighted by Crippen LogP contribution is 2.70. The quantitative estimate of drug-likeness (QED) is 0.684. The predicted molar refractivity (Wildman–Crippen MR) is 95.4 cm³/mol. The van der Waals surface area contributed by atoms with Crippen molar-refractivity contribution in [3.8, 4) is 0 Å². The highest BCUT2D eigenvalue weighted by molar-refractivity contribution is 5.12. The molecular weight excluding hydrogens is 296 g/mol. The summed E-state index contributed by atoms with van der Waals surface area (Å²) in [5.74, 6) is 4.12. The van der Waals surface area contributed by atoms with E-state index < -0.39 is 0 Å². The highest BCUT2D eigenvalue weighted by Gasteiger charge is 2.62. The summed E-state index contributed by atoms with van der Waals surface area (Å²) in [5, 5.41) is 20.8. The zero-order valence-electron chi connectivity index (χ0n) is 15.4. The predicted octanol–water partition coefficient (Wildman–Crippen LogP) is 4.53. The summed E-state index contributed by atoms with van der Waals surface area (Å²) in [6.07, 6.45) is 15.3. The first kappa shape index (κ1) is 16.1. The second-order valence-electron chi connectivity index (χ2n) is 10.5. The fourth-order valence-corrected chi connectivity index (χ4v) is 9.00. The zero-order valence-corrected chi connectivity index (χ0v) is 15.4. The molecule has 1 spiro atoms. The average Bonchev–Trinajstić information content (AvgIpc) is 2.96. The lowest BCUT2D eigenvalue weighted by Crippen LogP contribution is -2.55. The highest BCUT2D eigenvalue weighted by atomic mass is 16.3. The van der Waals surface area contributed by atoms with Crippen LogP contribution in [0.15, 0.2) is 0 Å². The Labute approximate surface area is 147 Å². The van der Waals surface area contributed by atoms with Crippen LogP contribution in [0, 0.1) is 40.4 Å². The first-order chi connectivity index (χ1) is 11.5. The molecule has 0 bridgehead atoms. The molecule has 0 aromatic heterocycles. The smallest absolute Gasteiger partial charge is 0.0573 e. The molecule has 24 heavy (non-hydrogen) atoms. The Balaban J connectivity index is 1.45. The number of aliphatic hydroxyl groups excluding tert-OH is 2. The fourth-order valence-electron chi connectivity index (χ4n) is 9.00. The van der Waals surface area contributed by atoms with Gasteiger partial charge in [0.15, 0.2) is 0 Å². The SMILES string of the molecule is C[C@]12CC[C@@H](O)C[C@@H]1CCC1C3CCC4[C@H](O)CCCC34CCC12. The van der Waals surface area contributed by atoms with Gasteiger partial charge in [0.05, 0.1) is 12.2 Å². The molecule has 2 nitrogen and oxygen atoms in total. The minimum Gasteiger partial charge on any atom is -0.393 e. The van der Waals surface area contributed by atoms with Crippen LogP contribution in [0.5, 0.6) is 0 Å². The maximum Gasteiger partial charge on any atom is 0.0573 e. The second-order valence-corrected chi connectivity index (χ2v) is 10.5. The van der Waals surface area contributed by atoms with E-state index in [2.05, 4.69) is 6.92 Å². The normalized spacial score (nSPS) is 59.9. The van der Waals surface area contributed by atoms with Gasteiger partial charge in [-0.15, -0.1) is 0 Å². The molecule has 5 aliphatic carbocycles. The largest absolute Gasteiger partial charge is 0.393 e. The molecule has 0 aromatic carbocycles. The molecule has 0 amide bonds. The van der Waals surface area contributed by atoms with Crippen LogP contribution in [0.4, 0.5) is 0 Å². The van der Waals surface area contributed by atoms with Crippen LogP contribution < -0.4 is 0 Å². The standard InChI is InChI=1S/C22H36O2/c1-21-11-8-15(23)13-14(21)4-5-16-17(21)9-12-22-10-2-3-20(24)19(22)7-6-18(16)22/h14-20,23-24H,2-13H2,1H3/t14-,15+,16?,17?,18?,19?,20+,21-,22?/m0/s1. The van der Waals surface area contributed by atoms with Gasteiger partial charge < -0.3 is 10.2 Å². The van der Waals surface area contributed by atoms with Gasteiger partial charge in [-0.05, 0) is 111 Å². The molecule has 2 N–H and O–H groups in total. The lowest BCUT2D eigenvalue weighted by molar-refractivity contribution is -0.147. The summed E-state index contributed by atoms with van der Waals surface area (Å²) in [6.45, 7) is 2.58. The van der Waals surface area contributed by atoms with E-state index in [1.165, 1.54) is 57.8 Å². The lowest BCUT2D eigenvalue weighted by Gasteiger charge is -2.62.